The van der Waals surface area contributed by atoms with E-state index in [1.54, 1.807) is 7.05 Å². The molecule has 0 unspecified atom stereocenters. The summed E-state index contributed by atoms with van der Waals surface area (Å²) in [6.45, 7) is 1.57. The molecule has 4 heteroatoms. The largest absolute Gasteiger partial charge is 0.359 e. The Morgan fingerprint density at radius 2 is 2.11 bits per heavy atom. The zero-order valence-corrected chi connectivity index (χ0v) is 10.9. The van der Waals surface area contributed by atoms with Gasteiger partial charge < -0.3 is 15.2 Å². The van der Waals surface area contributed by atoms with Gasteiger partial charge in [-0.15, -0.1) is 0 Å². The quantitative estimate of drug-likeness (QED) is 0.838. The van der Waals surface area contributed by atoms with Crippen molar-refractivity contribution < 1.29 is 4.79 Å². The molecule has 96 valence electrons. The second-order valence-electron chi connectivity index (χ2n) is 4.31. The number of amides is 1. The molecule has 1 aromatic heterocycles. The van der Waals surface area contributed by atoms with E-state index in [-0.39, 0.29) is 5.91 Å². The van der Waals surface area contributed by atoms with Crippen molar-refractivity contribution in [2.75, 3.05) is 14.1 Å². The molecule has 0 atom stereocenters. The summed E-state index contributed by atoms with van der Waals surface area (Å²) < 4.78 is 2.13. The number of fused-ring (bicyclic) bond motifs is 1. The first-order valence-electron chi connectivity index (χ1n) is 6.18. The molecule has 0 saturated heterocycles. The van der Waals surface area contributed by atoms with Crippen molar-refractivity contribution in [3.05, 3.63) is 36.0 Å². The number of nitrogens with one attached hydrogen (secondary N) is 2. The van der Waals surface area contributed by atoms with Gasteiger partial charge in [-0.25, -0.2) is 0 Å². The van der Waals surface area contributed by atoms with Gasteiger partial charge in [0.05, 0.1) is 0 Å². The number of nitrogens with zero attached hydrogens (tertiary/aromatic N) is 1. The fourth-order valence-electron chi connectivity index (χ4n) is 2.17. The zero-order chi connectivity index (χ0) is 13.0. The summed E-state index contributed by atoms with van der Waals surface area (Å²) in [6, 6.07) is 8.40. The van der Waals surface area contributed by atoms with Crippen LogP contribution in [0, 0.1) is 0 Å². The summed E-state index contributed by atoms with van der Waals surface area (Å²) in [5, 5.41) is 7.07. The molecule has 0 aliphatic carbocycles. The van der Waals surface area contributed by atoms with Crippen molar-refractivity contribution in [3.63, 3.8) is 0 Å². The van der Waals surface area contributed by atoms with Gasteiger partial charge in [-0.05, 0) is 24.7 Å². The summed E-state index contributed by atoms with van der Waals surface area (Å²) in [7, 11) is 3.61. The number of hydrogen-bond acceptors (Lipinski definition) is 2. The van der Waals surface area contributed by atoms with E-state index < -0.39 is 0 Å². The third kappa shape index (κ3) is 2.54. The Morgan fingerprint density at radius 3 is 2.83 bits per heavy atom. The third-order valence-corrected chi connectivity index (χ3v) is 3.13. The van der Waals surface area contributed by atoms with Crippen LogP contribution >= 0.6 is 0 Å². The van der Waals surface area contributed by atoms with E-state index in [1.807, 2.05) is 13.2 Å². The van der Waals surface area contributed by atoms with Gasteiger partial charge in [0, 0.05) is 43.7 Å². The van der Waals surface area contributed by atoms with E-state index in [2.05, 4.69) is 39.5 Å². The normalized spacial score (nSPS) is 10.8. The topological polar surface area (TPSA) is 46.1 Å². The minimum absolute atomic E-state index is 0.0724. The minimum atomic E-state index is 0.0724. The van der Waals surface area contributed by atoms with Crippen molar-refractivity contribution >= 4 is 16.8 Å². The van der Waals surface area contributed by atoms with E-state index in [4.69, 9.17) is 0 Å². The summed E-state index contributed by atoms with van der Waals surface area (Å²) in [4.78, 5) is 11.3. The van der Waals surface area contributed by atoms with Crippen LogP contribution in [-0.2, 0) is 17.9 Å². The number of carbonyl (C=O) groups is 1. The lowest BCUT2D eigenvalue weighted by Gasteiger charge is -2.06. The van der Waals surface area contributed by atoms with Crippen LogP contribution in [0.3, 0.4) is 0 Å². The van der Waals surface area contributed by atoms with E-state index in [1.165, 1.54) is 16.5 Å². The van der Waals surface area contributed by atoms with Gasteiger partial charge in [-0.3, -0.25) is 4.79 Å². The second-order valence-corrected chi connectivity index (χ2v) is 4.31. The predicted octanol–water partition coefficient (Wildman–Crippen LogP) is 1.50. The Labute approximate surface area is 107 Å². The number of benzene rings is 1. The maximum Gasteiger partial charge on any atom is 0.221 e. The fourth-order valence-corrected chi connectivity index (χ4v) is 2.17. The van der Waals surface area contributed by atoms with Crippen LogP contribution in [0.25, 0.3) is 10.9 Å². The van der Waals surface area contributed by atoms with Crippen molar-refractivity contribution in [2.24, 2.45) is 0 Å². The highest BCUT2D eigenvalue weighted by atomic mass is 16.1. The third-order valence-electron chi connectivity index (χ3n) is 3.13. The smallest absolute Gasteiger partial charge is 0.221 e. The summed E-state index contributed by atoms with van der Waals surface area (Å²) in [6.07, 6.45) is 2.56. The Hall–Kier alpha value is -1.81. The maximum atomic E-state index is 11.3. The molecular formula is C14H19N3O. The summed E-state index contributed by atoms with van der Waals surface area (Å²) >= 11 is 0. The van der Waals surface area contributed by atoms with Crippen molar-refractivity contribution in [1.82, 2.24) is 15.2 Å². The molecule has 0 fully saturated rings. The van der Waals surface area contributed by atoms with E-state index in [9.17, 15) is 4.79 Å². The maximum absolute atomic E-state index is 11.3. The molecule has 1 aromatic carbocycles. The molecule has 2 N–H and O–H groups in total. The van der Waals surface area contributed by atoms with Gasteiger partial charge >= 0.3 is 0 Å². The molecule has 1 heterocycles. The molecule has 0 spiro atoms. The average Bonchev–Trinajstić information content (AvgIpc) is 2.80. The number of aromatic nitrogens is 1. The van der Waals surface area contributed by atoms with E-state index in [0.717, 1.165) is 6.54 Å². The minimum Gasteiger partial charge on any atom is -0.359 e. The first-order chi connectivity index (χ1) is 8.76. The van der Waals surface area contributed by atoms with Crippen LogP contribution in [0.2, 0.25) is 0 Å². The standard InChI is InChI=1S/C14H19N3O/c1-15-10-11-4-3-5-13-12(11)6-8-17(13)9-7-14(18)16-2/h3-6,8,15H,7,9-10H2,1-2H3,(H,16,18). The van der Waals surface area contributed by atoms with Crippen molar-refractivity contribution in [1.29, 1.82) is 0 Å². The van der Waals surface area contributed by atoms with Crippen LogP contribution in [0.15, 0.2) is 30.5 Å². The highest BCUT2D eigenvalue weighted by molar-refractivity contribution is 5.84. The second kappa shape index (κ2) is 5.69. The average molecular weight is 245 g/mol. The first-order valence-corrected chi connectivity index (χ1v) is 6.18. The van der Waals surface area contributed by atoms with Crippen molar-refractivity contribution in [2.45, 2.75) is 19.5 Å². The van der Waals surface area contributed by atoms with E-state index in [0.29, 0.717) is 13.0 Å². The molecule has 1 amide bonds. The van der Waals surface area contributed by atoms with Crippen LogP contribution in [0.4, 0.5) is 0 Å². The SMILES string of the molecule is CNCc1cccc2c1ccn2CCC(=O)NC. The van der Waals surface area contributed by atoms with Gasteiger partial charge in [-0.2, -0.15) is 0 Å². The molecule has 2 rings (SSSR count). The summed E-state index contributed by atoms with van der Waals surface area (Å²) in [5.41, 5.74) is 2.47. The van der Waals surface area contributed by atoms with Gasteiger partial charge in [0.1, 0.15) is 0 Å². The molecule has 0 radical (unpaired) electrons. The van der Waals surface area contributed by atoms with Crippen LogP contribution in [0.5, 0.6) is 0 Å². The molecule has 0 saturated carbocycles. The lowest BCUT2D eigenvalue weighted by atomic mass is 10.1. The monoisotopic (exact) mass is 245 g/mol. The lowest BCUT2D eigenvalue weighted by molar-refractivity contribution is -0.120. The number of hydrogen-bond donors (Lipinski definition) is 2. The molecule has 4 nitrogen and oxygen atoms in total. The highest BCUT2D eigenvalue weighted by Crippen LogP contribution is 2.20. The summed E-state index contributed by atoms with van der Waals surface area (Å²) in [5.74, 6) is 0.0724. The van der Waals surface area contributed by atoms with Gasteiger partial charge in [0.15, 0.2) is 0 Å². The highest BCUT2D eigenvalue weighted by Gasteiger charge is 2.06. The number of rotatable bonds is 5. The first kappa shape index (κ1) is 12.6. The van der Waals surface area contributed by atoms with Crippen molar-refractivity contribution in [3.8, 4) is 0 Å². The van der Waals surface area contributed by atoms with Gasteiger partial charge in [0.2, 0.25) is 5.91 Å². The lowest BCUT2D eigenvalue weighted by Crippen LogP contribution is -2.19. The van der Waals surface area contributed by atoms with Crippen LogP contribution < -0.4 is 10.6 Å². The molecule has 0 aliphatic heterocycles. The van der Waals surface area contributed by atoms with Gasteiger partial charge in [-0.1, -0.05) is 12.1 Å². The molecule has 18 heavy (non-hydrogen) atoms. The molecular weight excluding hydrogens is 226 g/mol. The van der Waals surface area contributed by atoms with E-state index >= 15 is 0 Å². The predicted molar refractivity (Wildman–Crippen MR) is 73.4 cm³/mol. The Kier molecular flexibility index (Phi) is 3.99. The Bertz CT molecular complexity index is 545. The van der Waals surface area contributed by atoms with Crippen LogP contribution in [-0.4, -0.2) is 24.6 Å². The fraction of sp³-hybridized carbons (Fsp3) is 0.357. The zero-order valence-electron chi connectivity index (χ0n) is 10.9. The number of carbonyl (C=O) groups excluding carboxylic acids is 1. The molecule has 0 aliphatic rings. The van der Waals surface area contributed by atoms with Gasteiger partial charge in [0.25, 0.3) is 0 Å². The molecule has 2 aromatic rings. The Balaban J connectivity index is 2.25. The molecule has 0 bridgehead atoms. The Morgan fingerprint density at radius 1 is 1.28 bits per heavy atom. The van der Waals surface area contributed by atoms with Crippen LogP contribution in [0.1, 0.15) is 12.0 Å². The number of aryl methyl sites for hydroxylation is 1.